The minimum absolute atomic E-state index is 0.0839. The molecule has 2 rings (SSSR count). The summed E-state index contributed by atoms with van der Waals surface area (Å²) in [7, 11) is 0. The number of alkyl halides is 1. The van der Waals surface area contributed by atoms with Crippen molar-refractivity contribution in [2.24, 2.45) is 0 Å². The van der Waals surface area contributed by atoms with E-state index in [0.29, 0.717) is 11.0 Å². The van der Waals surface area contributed by atoms with E-state index in [0.717, 1.165) is 0 Å². The molecule has 0 aliphatic rings. The van der Waals surface area contributed by atoms with Crippen LogP contribution in [0.25, 0.3) is 11.0 Å². The second-order valence-corrected chi connectivity index (χ2v) is 2.98. The van der Waals surface area contributed by atoms with E-state index in [2.05, 4.69) is 9.97 Å². The molecule has 15 heavy (non-hydrogen) atoms. The first-order valence-corrected chi connectivity index (χ1v) is 4.26. The van der Waals surface area contributed by atoms with Crippen molar-refractivity contribution >= 4 is 17.0 Å². The van der Waals surface area contributed by atoms with Crippen molar-refractivity contribution in [2.45, 2.75) is 6.17 Å². The third-order valence-corrected chi connectivity index (χ3v) is 2.04. The third kappa shape index (κ3) is 1.63. The maximum absolute atomic E-state index is 13.3. The zero-order valence-electron chi connectivity index (χ0n) is 7.59. The second-order valence-electron chi connectivity index (χ2n) is 2.98. The van der Waals surface area contributed by atoms with Crippen LogP contribution in [0.4, 0.5) is 4.39 Å². The maximum Gasteiger partial charge on any atom is 0.343 e. The van der Waals surface area contributed by atoms with Gasteiger partial charge in [0.25, 0.3) is 0 Å². The Balaban J connectivity index is 2.65. The molecule has 0 saturated carbocycles. The van der Waals surface area contributed by atoms with Gasteiger partial charge in [-0.25, -0.2) is 19.2 Å². The highest BCUT2D eigenvalue weighted by atomic mass is 19.1. The number of hydrogen-bond acceptors (Lipinski definition) is 3. The number of nitrogens with zero attached hydrogens (tertiary/aromatic N) is 2. The topological polar surface area (TPSA) is 63.1 Å². The van der Waals surface area contributed by atoms with Gasteiger partial charge in [-0.2, -0.15) is 0 Å². The lowest BCUT2D eigenvalue weighted by Crippen LogP contribution is -2.06. The Morgan fingerprint density at radius 1 is 1.33 bits per heavy atom. The van der Waals surface area contributed by atoms with Crippen molar-refractivity contribution in [3.63, 3.8) is 0 Å². The fourth-order valence-electron chi connectivity index (χ4n) is 1.36. The first-order chi connectivity index (χ1) is 7.20. The van der Waals surface area contributed by atoms with Gasteiger partial charge in [0.1, 0.15) is 0 Å². The lowest BCUT2D eigenvalue weighted by molar-refractivity contribution is -0.142. The first-order valence-electron chi connectivity index (χ1n) is 4.26. The van der Waals surface area contributed by atoms with E-state index in [1.807, 2.05) is 0 Å². The van der Waals surface area contributed by atoms with Crippen molar-refractivity contribution < 1.29 is 14.3 Å². The molecule has 76 valence electrons. The molecule has 0 spiro atoms. The summed E-state index contributed by atoms with van der Waals surface area (Å²) in [6.45, 7) is 0. The molecule has 1 N–H and O–H groups in total. The number of carboxylic acid groups (broad SMARTS) is 1. The van der Waals surface area contributed by atoms with Crippen molar-refractivity contribution in [2.75, 3.05) is 0 Å². The van der Waals surface area contributed by atoms with E-state index >= 15 is 0 Å². The largest absolute Gasteiger partial charge is 0.479 e. The van der Waals surface area contributed by atoms with Crippen molar-refractivity contribution in [3.05, 3.63) is 36.2 Å². The lowest BCUT2D eigenvalue weighted by atomic mass is 10.1. The monoisotopic (exact) mass is 206 g/mol. The van der Waals surface area contributed by atoms with E-state index < -0.39 is 12.1 Å². The third-order valence-electron chi connectivity index (χ3n) is 2.04. The van der Waals surface area contributed by atoms with Gasteiger partial charge < -0.3 is 5.11 Å². The molecule has 0 amide bonds. The number of halogens is 1. The van der Waals surface area contributed by atoms with Crippen LogP contribution in [0.5, 0.6) is 0 Å². The Hall–Kier alpha value is -2.04. The highest BCUT2D eigenvalue weighted by molar-refractivity contribution is 5.85. The summed E-state index contributed by atoms with van der Waals surface area (Å²) in [6, 6.07) is 4.56. The molecule has 5 heteroatoms. The molecule has 1 atom stereocenters. The van der Waals surface area contributed by atoms with Crippen LogP contribution in [0.3, 0.4) is 0 Å². The Kier molecular flexibility index (Phi) is 2.29. The Bertz CT molecular complexity index is 510. The molecule has 2 aromatic heterocycles. The lowest BCUT2D eigenvalue weighted by Gasteiger charge is -2.05. The molecule has 4 nitrogen and oxygen atoms in total. The maximum atomic E-state index is 13.3. The van der Waals surface area contributed by atoms with E-state index in [4.69, 9.17) is 5.11 Å². The summed E-state index contributed by atoms with van der Waals surface area (Å²) < 4.78 is 13.3. The fourth-order valence-corrected chi connectivity index (χ4v) is 1.36. The zero-order chi connectivity index (χ0) is 10.8. The van der Waals surface area contributed by atoms with Gasteiger partial charge >= 0.3 is 5.97 Å². The quantitative estimate of drug-likeness (QED) is 0.812. The molecular formula is C10H7FN2O2. The van der Waals surface area contributed by atoms with Crippen molar-refractivity contribution in [3.8, 4) is 0 Å². The summed E-state index contributed by atoms with van der Waals surface area (Å²) in [5.41, 5.74) is 0.430. The highest BCUT2D eigenvalue weighted by Crippen LogP contribution is 2.24. The molecule has 0 saturated heterocycles. The summed E-state index contributed by atoms with van der Waals surface area (Å²) in [6.07, 6.45) is 0.826. The van der Waals surface area contributed by atoms with Crippen LogP contribution in [0.15, 0.2) is 30.6 Å². The van der Waals surface area contributed by atoms with Gasteiger partial charge in [0.2, 0.25) is 6.17 Å². The molecule has 2 aromatic rings. The minimum Gasteiger partial charge on any atom is -0.479 e. The molecule has 0 radical (unpaired) electrons. The number of hydrogen-bond donors (Lipinski definition) is 1. The van der Waals surface area contributed by atoms with Gasteiger partial charge in [-0.15, -0.1) is 0 Å². The van der Waals surface area contributed by atoms with Gasteiger partial charge in [-0.05, 0) is 18.2 Å². The molecule has 0 bridgehead atoms. The van der Waals surface area contributed by atoms with Crippen molar-refractivity contribution in [1.82, 2.24) is 9.97 Å². The summed E-state index contributed by atoms with van der Waals surface area (Å²) in [4.78, 5) is 18.4. The van der Waals surface area contributed by atoms with Gasteiger partial charge in [0.05, 0.1) is 0 Å². The van der Waals surface area contributed by atoms with Gasteiger partial charge in [-0.3, -0.25) is 0 Å². The first kappa shape index (κ1) is 9.51. The molecule has 0 aliphatic heterocycles. The average molecular weight is 206 g/mol. The average Bonchev–Trinajstić information content (AvgIpc) is 2.27. The normalized spacial score (nSPS) is 12.6. The second kappa shape index (κ2) is 3.61. The van der Waals surface area contributed by atoms with Crippen LogP contribution in [-0.4, -0.2) is 21.0 Å². The number of aromatic nitrogens is 2. The summed E-state index contributed by atoms with van der Waals surface area (Å²) in [5, 5.41) is 9.00. The number of rotatable bonds is 2. The molecule has 0 aliphatic carbocycles. The van der Waals surface area contributed by atoms with Gasteiger partial charge in [-0.1, -0.05) is 0 Å². The van der Waals surface area contributed by atoms with Gasteiger partial charge in [0, 0.05) is 23.3 Å². The van der Waals surface area contributed by atoms with E-state index in [9.17, 15) is 9.18 Å². The molecule has 2 heterocycles. The standard InChI is InChI=1S/C10H7FN2O2/c11-8(10(14)15)6-3-5-13-9-7(6)2-1-4-12-9/h1-5,8H,(H,14,15). The van der Waals surface area contributed by atoms with Crippen LogP contribution in [0.1, 0.15) is 11.7 Å². The van der Waals surface area contributed by atoms with E-state index in [-0.39, 0.29) is 5.56 Å². The van der Waals surface area contributed by atoms with Crippen LogP contribution >= 0.6 is 0 Å². The predicted molar refractivity (Wildman–Crippen MR) is 51.0 cm³/mol. The van der Waals surface area contributed by atoms with Crippen LogP contribution in [-0.2, 0) is 4.79 Å². The zero-order valence-corrected chi connectivity index (χ0v) is 7.59. The van der Waals surface area contributed by atoms with Gasteiger partial charge in [0.15, 0.2) is 5.65 Å². The fraction of sp³-hybridized carbons (Fsp3) is 0.100. The SMILES string of the molecule is O=C(O)C(F)c1ccnc2ncccc12. The summed E-state index contributed by atoms with van der Waals surface area (Å²) in [5.74, 6) is -1.51. The highest BCUT2D eigenvalue weighted by Gasteiger charge is 2.20. The molecule has 1 unspecified atom stereocenters. The van der Waals surface area contributed by atoms with Crippen LogP contribution in [0.2, 0.25) is 0 Å². The Morgan fingerprint density at radius 3 is 2.80 bits per heavy atom. The number of carbonyl (C=O) groups is 1. The molecular weight excluding hydrogens is 199 g/mol. The number of fused-ring (bicyclic) bond motifs is 1. The predicted octanol–water partition coefficient (Wildman–Crippen LogP) is 1.72. The number of pyridine rings is 2. The van der Waals surface area contributed by atoms with Crippen LogP contribution < -0.4 is 0 Å². The number of aliphatic carboxylic acids is 1. The van der Waals surface area contributed by atoms with E-state index in [1.54, 1.807) is 12.1 Å². The van der Waals surface area contributed by atoms with E-state index in [1.165, 1.54) is 18.5 Å². The van der Waals surface area contributed by atoms with Crippen molar-refractivity contribution in [1.29, 1.82) is 0 Å². The minimum atomic E-state index is -2.04. The smallest absolute Gasteiger partial charge is 0.343 e. The molecule has 0 fully saturated rings. The Morgan fingerprint density at radius 2 is 2.07 bits per heavy atom. The molecule has 0 aromatic carbocycles. The number of carboxylic acids is 1. The summed E-state index contributed by atoms with van der Waals surface area (Å²) >= 11 is 0. The Labute approximate surface area is 84.4 Å². The van der Waals surface area contributed by atoms with Crippen LogP contribution in [0, 0.1) is 0 Å².